The van der Waals surface area contributed by atoms with Gasteiger partial charge in [0.2, 0.25) is 5.91 Å². The number of carbonyl (C=O) groups excluding carboxylic acids is 1. The zero-order valence-electron chi connectivity index (χ0n) is 10.4. The number of methoxy groups -OCH3 is 1. The molecule has 0 spiro atoms. The largest absolute Gasteiger partial charge is 0.383 e. The maximum Gasteiger partial charge on any atom is 0.243 e. The zero-order chi connectivity index (χ0) is 12.1. The topological polar surface area (TPSA) is 44.8 Å². The molecule has 0 radical (unpaired) electrons. The van der Waals surface area contributed by atoms with Crippen molar-refractivity contribution in [3.8, 4) is 0 Å². The molecule has 1 amide bonds. The summed E-state index contributed by atoms with van der Waals surface area (Å²) in [7, 11) is 1.72. The second kappa shape index (κ2) is 6.14. The molecule has 2 aliphatic rings. The van der Waals surface area contributed by atoms with Crippen LogP contribution < -0.4 is 5.32 Å². The van der Waals surface area contributed by atoms with E-state index in [0.717, 1.165) is 45.9 Å². The molecular formula is C12H21N3O2. The molecule has 1 N–H and O–H groups in total. The van der Waals surface area contributed by atoms with Crippen molar-refractivity contribution in [3.05, 3.63) is 12.2 Å². The van der Waals surface area contributed by atoms with Crippen LogP contribution in [0, 0.1) is 0 Å². The van der Waals surface area contributed by atoms with Crippen molar-refractivity contribution in [1.82, 2.24) is 15.1 Å². The van der Waals surface area contributed by atoms with Crippen LogP contribution in [0.1, 0.15) is 0 Å². The molecule has 0 saturated carbocycles. The summed E-state index contributed by atoms with van der Waals surface area (Å²) < 4.78 is 5.06. The van der Waals surface area contributed by atoms with Crippen molar-refractivity contribution >= 4 is 5.91 Å². The normalized spacial score (nSPS) is 25.5. The third-order valence-corrected chi connectivity index (χ3v) is 3.35. The number of amides is 1. The van der Waals surface area contributed by atoms with E-state index in [-0.39, 0.29) is 11.9 Å². The van der Waals surface area contributed by atoms with E-state index in [1.54, 1.807) is 7.11 Å². The maximum atomic E-state index is 12.1. The van der Waals surface area contributed by atoms with Gasteiger partial charge in [0.25, 0.3) is 0 Å². The Kier molecular flexibility index (Phi) is 4.53. The van der Waals surface area contributed by atoms with E-state index >= 15 is 0 Å². The third kappa shape index (κ3) is 3.28. The highest BCUT2D eigenvalue weighted by molar-refractivity contribution is 5.84. The lowest BCUT2D eigenvalue weighted by Gasteiger charge is -2.35. The average molecular weight is 239 g/mol. The zero-order valence-corrected chi connectivity index (χ0v) is 10.4. The third-order valence-electron chi connectivity index (χ3n) is 3.35. The summed E-state index contributed by atoms with van der Waals surface area (Å²) in [4.78, 5) is 16.4. The van der Waals surface area contributed by atoms with Gasteiger partial charge in [-0.2, -0.15) is 0 Å². The van der Waals surface area contributed by atoms with Gasteiger partial charge in [-0.15, -0.1) is 0 Å². The molecule has 0 aliphatic carbocycles. The number of hydrogen-bond acceptors (Lipinski definition) is 4. The van der Waals surface area contributed by atoms with Crippen molar-refractivity contribution in [2.75, 3.05) is 53.0 Å². The summed E-state index contributed by atoms with van der Waals surface area (Å²) in [6, 6.07) is -0.0967. The van der Waals surface area contributed by atoms with Gasteiger partial charge < -0.3 is 9.64 Å². The Morgan fingerprint density at radius 2 is 2.18 bits per heavy atom. The van der Waals surface area contributed by atoms with E-state index < -0.39 is 0 Å². The summed E-state index contributed by atoms with van der Waals surface area (Å²) in [5, 5.41) is 3.16. The fraction of sp³-hybridized carbons (Fsp3) is 0.750. The van der Waals surface area contributed by atoms with E-state index in [4.69, 9.17) is 4.74 Å². The van der Waals surface area contributed by atoms with Gasteiger partial charge in [-0.1, -0.05) is 12.2 Å². The Bertz CT molecular complexity index is 285. The molecule has 2 rings (SSSR count). The van der Waals surface area contributed by atoms with E-state index in [1.165, 1.54) is 0 Å². The van der Waals surface area contributed by atoms with E-state index in [2.05, 4.69) is 10.2 Å². The Morgan fingerprint density at radius 1 is 1.41 bits per heavy atom. The molecule has 17 heavy (non-hydrogen) atoms. The fourth-order valence-corrected chi connectivity index (χ4v) is 2.25. The fourth-order valence-electron chi connectivity index (χ4n) is 2.25. The Hall–Kier alpha value is -0.910. The number of piperazine rings is 1. The number of hydrogen-bond donors (Lipinski definition) is 1. The smallest absolute Gasteiger partial charge is 0.243 e. The average Bonchev–Trinajstić information content (AvgIpc) is 2.90. The molecule has 2 heterocycles. The molecule has 0 aromatic heterocycles. The number of nitrogens with one attached hydrogen (secondary N) is 1. The lowest BCUT2D eigenvalue weighted by Crippen LogP contribution is -2.53. The highest BCUT2D eigenvalue weighted by atomic mass is 16.5. The monoisotopic (exact) mass is 239 g/mol. The van der Waals surface area contributed by atoms with Gasteiger partial charge in [0.15, 0.2) is 0 Å². The molecule has 1 fully saturated rings. The molecule has 1 unspecified atom stereocenters. The van der Waals surface area contributed by atoms with Crippen LogP contribution in [-0.2, 0) is 9.53 Å². The van der Waals surface area contributed by atoms with Gasteiger partial charge >= 0.3 is 0 Å². The molecule has 96 valence electrons. The standard InChI is InChI=1S/C12H21N3O2/c1-17-10-9-14-5-7-15(8-6-14)12(16)11-3-2-4-13-11/h2-3,11,13H,4-10H2,1H3. The lowest BCUT2D eigenvalue weighted by molar-refractivity contribution is -0.133. The second-order valence-electron chi connectivity index (χ2n) is 4.47. The van der Waals surface area contributed by atoms with Gasteiger partial charge in [-0.3, -0.25) is 15.0 Å². The first-order valence-electron chi connectivity index (χ1n) is 6.21. The van der Waals surface area contributed by atoms with Crippen molar-refractivity contribution < 1.29 is 9.53 Å². The minimum absolute atomic E-state index is 0.0967. The Labute approximate surface area is 102 Å². The first-order valence-corrected chi connectivity index (χ1v) is 6.21. The predicted octanol–water partition coefficient (Wildman–Crippen LogP) is -0.695. The number of nitrogens with zero attached hydrogens (tertiary/aromatic N) is 2. The molecule has 1 atom stereocenters. The maximum absolute atomic E-state index is 12.1. The van der Waals surface area contributed by atoms with Crippen LogP contribution in [0.2, 0.25) is 0 Å². The summed E-state index contributed by atoms with van der Waals surface area (Å²) in [5.41, 5.74) is 0. The van der Waals surface area contributed by atoms with Crippen molar-refractivity contribution in [2.45, 2.75) is 6.04 Å². The second-order valence-corrected chi connectivity index (χ2v) is 4.47. The van der Waals surface area contributed by atoms with Crippen LogP contribution >= 0.6 is 0 Å². The van der Waals surface area contributed by atoms with Crippen molar-refractivity contribution in [3.63, 3.8) is 0 Å². The van der Waals surface area contributed by atoms with Crippen LogP contribution in [0.3, 0.4) is 0 Å². The lowest BCUT2D eigenvalue weighted by atomic mass is 10.2. The van der Waals surface area contributed by atoms with Gasteiger partial charge in [-0.05, 0) is 0 Å². The molecule has 0 aromatic carbocycles. The van der Waals surface area contributed by atoms with Crippen molar-refractivity contribution in [1.29, 1.82) is 0 Å². The highest BCUT2D eigenvalue weighted by Gasteiger charge is 2.26. The van der Waals surface area contributed by atoms with E-state index in [1.807, 2.05) is 17.1 Å². The first-order chi connectivity index (χ1) is 8.31. The molecule has 2 aliphatic heterocycles. The van der Waals surface area contributed by atoms with Gasteiger partial charge in [-0.25, -0.2) is 0 Å². The molecule has 0 bridgehead atoms. The summed E-state index contributed by atoms with van der Waals surface area (Å²) in [6.07, 6.45) is 3.97. The summed E-state index contributed by atoms with van der Waals surface area (Å²) in [6.45, 7) is 6.09. The first kappa shape index (κ1) is 12.5. The van der Waals surface area contributed by atoms with E-state index in [9.17, 15) is 4.79 Å². The van der Waals surface area contributed by atoms with Crippen LogP contribution in [0.25, 0.3) is 0 Å². The van der Waals surface area contributed by atoms with Crippen LogP contribution in [0.5, 0.6) is 0 Å². The van der Waals surface area contributed by atoms with Crippen LogP contribution in [0.4, 0.5) is 0 Å². The van der Waals surface area contributed by atoms with Crippen molar-refractivity contribution in [2.24, 2.45) is 0 Å². The Morgan fingerprint density at radius 3 is 2.76 bits per heavy atom. The predicted molar refractivity (Wildman–Crippen MR) is 65.8 cm³/mol. The highest BCUT2D eigenvalue weighted by Crippen LogP contribution is 2.06. The van der Waals surface area contributed by atoms with Crippen LogP contribution in [-0.4, -0.2) is 74.7 Å². The molecular weight excluding hydrogens is 218 g/mol. The summed E-state index contributed by atoms with van der Waals surface area (Å²) >= 11 is 0. The number of carbonyl (C=O) groups is 1. The van der Waals surface area contributed by atoms with Gasteiger partial charge in [0, 0.05) is 46.4 Å². The SMILES string of the molecule is COCCN1CCN(C(=O)C2C=CCN2)CC1. The van der Waals surface area contributed by atoms with Crippen LogP contribution in [0.15, 0.2) is 12.2 Å². The van der Waals surface area contributed by atoms with Gasteiger partial charge in [0.1, 0.15) is 6.04 Å². The molecule has 5 nitrogen and oxygen atoms in total. The molecule has 1 saturated heterocycles. The minimum Gasteiger partial charge on any atom is -0.383 e. The number of rotatable bonds is 4. The molecule has 5 heteroatoms. The quantitative estimate of drug-likeness (QED) is 0.659. The summed E-state index contributed by atoms with van der Waals surface area (Å²) in [5.74, 6) is 0.213. The van der Waals surface area contributed by atoms with Gasteiger partial charge in [0.05, 0.1) is 6.61 Å². The molecule has 0 aromatic rings. The Balaban J connectivity index is 1.74. The van der Waals surface area contributed by atoms with E-state index in [0.29, 0.717) is 0 Å². The number of ether oxygens (including phenoxy) is 1. The minimum atomic E-state index is -0.0967.